The summed E-state index contributed by atoms with van der Waals surface area (Å²) in [6, 6.07) is 21.7. The topological polar surface area (TPSA) is 6.48 Å². The Labute approximate surface area is 218 Å². The molecule has 1 heterocycles. The van der Waals surface area contributed by atoms with E-state index >= 15 is 0 Å². The van der Waals surface area contributed by atoms with E-state index in [-0.39, 0.29) is 5.88 Å². The van der Waals surface area contributed by atoms with Crippen LogP contribution in [0.15, 0.2) is 84.7 Å². The lowest BCUT2D eigenvalue weighted by Crippen LogP contribution is -2.53. The van der Waals surface area contributed by atoms with Gasteiger partial charge in [0.1, 0.15) is 5.70 Å². The first-order chi connectivity index (χ1) is 16.8. The van der Waals surface area contributed by atoms with Gasteiger partial charge in [0.05, 0.1) is 0 Å². The van der Waals surface area contributed by atoms with Crippen molar-refractivity contribution < 1.29 is 13.2 Å². The Morgan fingerprint density at radius 2 is 1.09 bits per heavy atom. The van der Waals surface area contributed by atoms with Crippen molar-refractivity contribution in [3.05, 3.63) is 113 Å². The maximum atomic E-state index is 14.6. The van der Waals surface area contributed by atoms with Crippen LogP contribution in [0.3, 0.4) is 0 Å². The largest absolute Gasteiger partial charge is 0.432 e. The Morgan fingerprint density at radius 3 is 1.43 bits per heavy atom. The Hall–Kier alpha value is -2.34. The molecule has 35 heavy (non-hydrogen) atoms. The SMILES string of the molecule is CCN1C=C(C(F)(F)F)N(c2ccc(CCl)cc2)C1(c1ccc(CCl)cc1)c1ccc(CCl)cc1. The molecule has 1 aliphatic heterocycles. The van der Waals surface area contributed by atoms with Crippen LogP contribution in [0.1, 0.15) is 34.7 Å². The third-order valence-electron chi connectivity index (χ3n) is 6.26. The molecule has 0 N–H and O–H groups in total. The maximum absolute atomic E-state index is 14.6. The fourth-order valence-corrected chi connectivity index (χ4v) is 5.13. The summed E-state index contributed by atoms with van der Waals surface area (Å²) in [6.45, 7) is 2.18. The second-order valence-electron chi connectivity index (χ2n) is 8.27. The Balaban J connectivity index is 2.05. The molecule has 0 spiro atoms. The van der Waals surface area contributed by atoms with Gasteiger partial charge in [0.15, 0.2) is 5.66 Å². The molecule has 0 atom stereocenters. The van der Waals surface area contributed by atoms with Crippen LogP contribution in [0, 0.1) is 0 Å². The summed E-state index contributed by atoms with van der Waals surface area (Å²) in [5, 5.41) is 0. The molecule has 4 rings (SSSR count). The fraction of sp³-hybridized carbons (Fsp3) is 0.259. The van der Waals surface area contributed by atoms with Crippen LogP contribution in [-0.2, 0) is 23.3 Å². The van der Waals surface area contributed by atoms with E-state index in [4.69, 9.17) is 34.8 Å². The molecule has 2 nitrogen and oxygen atoms in total. The molecule has 8 heteroatoms. The maximum Gasteiger partial charge on any atom is 0.432 e. The Bertz CT molecular complexity index is 1130. The van der Waals surface area contributed by atoms with Gasteiger partial charge in [-0.15, -0.1) is 34.8 Å². The number of alkyl halides is 6. The first-order valence-electron chi connectivity index (χ1n) is 11.1. The Morgan fingerprint density at radius 1 is 0.686 bits per heavy atom. The predicted octanol–water partition coefficient (Wildman–Crippen LogP) is 8.35. The van der Waals surface area contributed by atoms with Gasteiger partial charge < -0.3 is 9.80 Å². The average Bonchev–Trinajstić information content (AvgIpc) is 3.25. The summed E-state index contributed by atoms with van der Waals surface area (Å²) in [6.07, 6.45) is -3.38. The third kappa shape index (κ3) is 4.62. The van der Waals surface area contributed by atoms with Gasteiger partial charge in [-0.25, -0.2) is 0 Å². The van der Waals surface area contributed by atoms with E-state index in [0.717, 1.165) is 16.7 Å². The predicted molar refractivity (Wildman–Crippen MR) is 138 cm³/mol. The van der Waals surface area contributed by atoms with Gasteiger partial charge in [0.2, 0.25) is 0 Å². The number of allylic oxidation sites excluding steroid dienone is 1. The van der Waals surface area contributed by atoms with Crippen LogP contribution in [0.2, 0.25) is 0 Å². The van der Waals surface area contributed by atoms with Gasteiger partial charge in [0.25, 0.3) is 0 Å². The summed E-state index contributed by atoms with van der Waals surface area (Å²) < 4.78 is 43.7. The monoisotopic (exact) mass is 538 g/mol. The molecule has 3 aromatic rings. The van der Waals surface area contributed by atoms with E-state index in [1.807, 2.05) is 55.5 Å². The summed E-state index contributed by atoms with van der Waals surface area (Å²) in [7, 11) is 0. The van der Waals surface area contributed by atoms with E-state index in [1.54, 1.807) is 29.2 Å². The molecule has 0 aliphatic carbocycles. The van der Waals surface area contributed by atoms with Crippen molar-refractivity contribution in [1.82, 2.24) is 4.90 Å². The van der Waals surface area contributed by atoms with Crippen molar-refractivity contribution in [2.75, 3.05) is 11.4 Å². The first kappa shape index (κ1) is 25.7. The minimum absolute atomic E-state index is 0.272. The van der Waals surface area contributed by atoms with E-state index in [1.165, 1.54) is 11.1 Å². The molecule has 184 valence electrons. The second kappa shape index (κ2) is 10.3. The standard InChI is InChI=1S/C27H24Cl3F3N2/c1-2-34-18-25(27(31,32)33)35(24-13-7-21(17-30)8-14-24)26(34,22-9-3-19(15-28)4-10-22)23-11-5-20(16-29)6-12-23/h3-14,18H,2,15-17H2,1H3. The number of halogens is 6. The van der Waals surface area contributed by atoms with Gasteiger partial charge in [-0.05, 0) is 35.7 Å². The number of hydrogen-bond acceptors (Lipinski definition) is 2. The Kier molecular flexibility index (Phi) is 7.60. The smallest absolute Gasteiger partial charge is 0.345 e. The zero-order valence-corrected chi connectivity index (χ0v) is 21.3. The molecular formula is C27H24Cl3F3N2. The highest BCUT2D eigenvalue weighted by molar-refractivity contribution is 6.17. The molecule has 0 fully saturated rings. The highest BCUT2D eigenvalue weighted by Gasteiger charge is 2.56. The van der Waals surface area contributed by atoms with Crippen molar-refractivity contribution in [1.29, 1.82) is 0 Å². The fourth-order valence-electron chi connectivity index (χ4n) is 4.59. The average molecular weight is 540 g/mol. The van der Waals surface area contributed by atoms with Crippen molar-refractivity contribution >= 4 is 40.5 Å². The summed E-state index contributed by atoms with van der Waals surface area (Å²) in [5.74, 6) is 0.893. The van der Waals surface area contributed by atoms with Crippen LogP contribution < -0.4 is 4.90 Å². The minimum atomic E-state index is -4.59. The van der Waals surface area contributed by atoms with Gasteiger partial charge in [0, 0.05) is 47.2 Å². The van der Waals surface area contributed by atoms with Crippen LogP contribution in [0.5, 0.6) is 0 Å². The number of hydrogen-bond donors (Lipinski definition) is 0. The lowest BCUT2D eigenvalue weighted by Gasteiger charge is -2.47. The van der Waals surface area contributed by atoms with Gasteiger partial charge in [-0.1, -0.05) is 60.7 Å². The summed E-state index contributed by atoms with van der Waals surface area (Å²) >= 11 is 18.0. The van der Waals surface area contributed by atoms with E-state index in [9.17, 15) is 13.2 Å². The second-order valence-corrected chi connectivity index (χ2v) is 9.07. The van der Waals surface area contributed by atoms with Gasteiger partial charge >= 0.3 is 6.18 Å². The lowest BCUT2D eigenvalue weighted by molar-refractivity contribution is -0.0935. The quantitative estimate of drug-likeness (QED) is 0.278. The van der Waals surface area contributed by atoms with E-state index < -0.39 is 17.5 Å². The molecule has 0 bridgehead atoms. The summed E-state index contributed by atoms with van der Waals surface area (Å²) in [4.78, 5) is 3.11. The summed E-state index contributed by atoms with van der Waals surface area (Å²) in [5.41, 5.74) is 2.31. The van der Waals surface area contributed by atoms with Crippen molar-refractivity contribution in [2.24, 2.45) is 0 Å². The third-order valence-corrected chi connectivity index (χ3v) is 7.19. The van der Waals surface area contributed by atoms with Crippen LogP contribution in [-0.4, -0.2) is 17.6 Å². The van der Waals surface area contributed by atoms with E-state index in [2.05, 4.69) is 0 Å². The zero-order chi connectivity index (χ0) is 25.2. The number of anilines is 1. The van der Waals surface area contributed by atoms with Gasteiger partial charge in [-0.3, -0.25) is 0 Å². The molecule has 3 aromatic carbocycles. The van der Waals surface area contributed by atoms with Crippen LogP contribution in [0.4, 0.5) is 18.9 Å². The molecule has 0 radical (unpaired) electrons. The van der Waals surface area contributed by atoms with Crippen molar-refractivity contribution in [3.63, 3.8) is 0 Å². The highest BCUT2D eigenvalue weighted by Crippen LogP contribution is 2.52. The van der Waals surface area contributed by atoms with Crippen molar-refractivity contribution in [2.45, 2.75) is 36.4 Å². The van der Waals surface area contributed by atoms with Crippen molar-refractivity contribution in [3.8, 4) is 0 Å². The molecule has 0 unspecified atom stereocenters. The molecule has 1 aliphatic rings. The van der Waals surface area contributed by atoms with E-state index in [0.29, 0.717) is 35.1 Å². The lowest BCUT2D eigenvalue weighted by atomic mass is 9.87. The van der Waals surface area contributed by atoms with Crippen LogP contribution in [0.25, 0.3) is 0 Å². The molecule has 0 amide bonds. The molecule has 0 saturated carbocycles. The first-order valence-corrected chi connectivity index (χ1v) is 12.7. The highest BCUT2D eigenvalue weighted by atomic mass is 35.5. The molecule has 0 saturated heterocycles. The minimum Gasteiger partial charge on any atom is -0.345 e. The molecule has 0 aromatic heterocycles. The number of benzene rings is 3. The molecular weight excluding hydrogens is 516 g/mol. The normalized spacial score (nSPS) is 15.5. The zero-order valence-electron chi connectivity index (χ0n) is 19.0. The van der Waals surface area contributed by atoms with Gasteiger partial charge in [-0.2, -0.15) is 13.2 Å². The van der Waals surface area contributed by atoms with Crippen LogP contribution >= 0.6 is 34.8 Å². The number of rotatable bonds is 7. The number of nitrogens with zero attached hydrogens (tertiary/aromatic N) is 2.